The van der Waals surface area contributed by atoms with Crippen LogP contribution in [0.5, 0.6) is 0 Å². The average molecular weight is 229 g/mol. The van der Waals surface area contributed by atoms with Gasteiger partial charge in [-0.1, -0.05) is 0 Å². The minimum Gasteiger partial charge on any atom is -0.382 e. The largest absolute Gasteiger partial charge is 0.382 e. The van der Waals surface area contributed by atoms with Gasteiger partial charge in [0.2, 0.25) is 0 Å². The molecule has 2 aromatic heterocycles. The number of amidine groups is 1. The van der Waals surface area contributed by atoms with E-state index in [4.69, 9.17) is 11.1 Å². The van der Waals surface area contributed by atoms with E-state index in [1.54, 1.807) is 12.3 Å². The van der Waals surface area contributed by atoms with Crippen LogP contribution in [0.3, 0.4) is 0 Å². The molecule has 0 aromatic carbocycles. The van der Waals surface area contributed by atoms with E-state index < -0.39 is 0 Å². The fourth-order valence-electron chi connectivity index (χ4n) is 1.64. The van der Waals surface area contributed by atoms with E-state index in [9.17, 15) is 0 Å². The van der Waals surface area contributed by atoms with E-state index in [0.29, 0.717) is 5.69 Å². The van der Waals surface area contributed by atoms with Gasteiger partial charge in [0.25, 0.3) is 0 Å². The van der Waals surface area contributed by atoms with Gasteiger partial charge in [0.1, 0.15) is 11.5 Å². The Morgan fingerprint density at radius 1 is 1.29 bits per heavy atom. The zero-order chi connectivity index (χ0) is 12.6. The Labute approximate surface area is 99.8 Å². The molecule has 0 spiro atoms. The maximum Gasteiger partial charge on any atom is 0.141 e. The molecule has 0 saturated carbocycles. The highest BCUT2D eigenvalue weighted by Crippen LogP contribution is 2.16. The van der Waals surface area contributed by atoms with Crippen LogP contribution in [-0.4, -0.2) is 20.6 Å². The van der Waals surface area contributed by atoms with Gasteiger partial charge in [0.15, 0.2) is 0 Å². The average Bonchev–Trinajstić information content (AvgIpc) is 2.57. The van der Waals surface area contributed by atoms with Crippen molar-refractivity contribution in [1.82, 2.24) is 14.8 Å². The standard InChI is InChI=1S/C12H15N5/c1-7-8(2)16-17(9(7)3)10-4-5-11(12(13)14)15-6-10/h4-6H,1-3H3,(H3,13,14). The lowest BCUT2D eigenvalue weighted by Crippen LogP contribution is -2.13. The SMILES string of the molecule is Cc1nn(-c2ccc(C(=N)N)nc2)c(C)c1C. The summed E-state index contributed by atoms with van der Waals surface area (Å²) in [4.78, 5) is 4.12. The molecule has 3 N–H and O–H groups in total. The minimum absolute atomic E-state index is 0.0268. The van der Waals surface area contributed by atoms with Crippen LogP contribution in [0, 0.1) is 26.2 Å². The number of aryl methyl sites for hydroxylation is 1. The summed E-state index contributed by atoms with van der Waals surface area (Å²) in [5.74, 6) is -0.0268. The molecule has 0 atom stereocenters. The number of aromatic nitrogens is 3. The van der Waals surface area contributed by atoms with E-state index in [-0.39, 0.29) is 5.84 Å². The predicted octanol–water partition coefficient (Wildman–Crippen LogP) is 1.48. The number of pyridine rings is 1. The van der Waals surface area contributed by atoms with E-state index >= 15 is 0 Å². The molecule has 5 nitrogen and oxygen atoms in total. The molecular formula is C12H15N5. The number of hydrogen-bond donors (Lipinski definition) is 2. The fourth-order valence-corrected chi connectivity index (χ4v) is 1.64. The normalized spacial score (nSPS) is 10.5. The molecule has 0 saturated heterocycles. The number of nitrogen functional groups attached to an aromatic ring is 1. The molecule has 0 bridgehead atoms. The summed E-state index contributed by atoms with van der Waals surface area (Å²) in [6, 6.07) is 3.59. The predicted molar refractivity (Wildman–Crippen MR) is 66.6 cm³/mol. The molecule has 17 heavy (non-hydrogen) atoms. The van der Waals surface area contributed by atoms with Crippen LogP contribution in [0.1, 0.15) is 22.6 Å². The number of nitrogens with two attached hydrogens (primary N) is 1. The summed E-state index contributed by atoms with van der Waals surface area (Å²) >= 11 is 0. The molecule has 0 aliphatic rings. The summed E-state index contributed by atoms with van der Waals surface area (Å²) < 4.78 is 1.85. The third kappa shape index (κ3) is 1.91. The summed E-state index contributed by atoms with van der Waals surface area (Å²) in [5, 5.41) is 11.7. The maximum absolute atomic E-state index is 7.28. The first-order valence-electron chi connectivity index (χ1n) is 5.34. The Balaban J connectivity index is 2.47. The second kappa shape index (κ2) is 4.01. The van der Waals surface area contributed by atoms with Crippen LogP contribution in [0.4, 0.5) is 0 Å². The Hall–Kier alpha value is -2.17. The molecular weight excluding hydrogens is 214 g/mol. The summed E-state index contributed by atoms with van der Waals surface area (Å²) in [5.41, 5.74) is 10.0. The Morgan fingerprint density at radius 2 is 2.00 bits per heavy atom. The molecule has 0 aliphatic heterocycles. The van der Waals surface area contributed by atoms with Crippen molar-refractivity contribution in [2.24, 2.45) is 5.73 Å². The van der Waals surface area contributed by atoms with Crippen molar-refractivity contribution in [2.75, 3.05) is 0 Å². The zero-order valence-corrected chi connectivity index (χ0v) is 10.2. The molecule has 0 radical (unpaired) electrons. The highest BCUT2D eigenvalue weighted by molar-refractivity contribution is 5.92. The Bertz CT molecular complexity index is 565. The topological polar surface area (TPSA) is 80.6 Å². The second-order valence-corrected chi connectivity index (χ2v) is 4.02. The van der Waals surface area contributed by atoms with Crippen molar-refractivity contribution >= 4 is 5.84 Å². The lowest BCUT2D eigenvalue weighted by atomic mass is 10.2. The van der Waals surface area contributed by atoms with Gasteiger partial charge in [-0.05, 0) is 38.5 Å². The molecule has 0 amide bonds. The van der Waals surface area contributed by atoms with Crippen molar-refractivity contribution < 1.29 is 0 Å². The van der Waals surface area contributed by atoms with Crippen LogP contribution in [0.25, 0.3) is 5.69 Å². The first kappa shape index (κ1) is 11.3. The molecule has 88 valence electrons. The first-order chi connectivity index (χ1) is 8.00. The second-order valence-electron chi connectivity index (χ2n) is 4.02. The molecule has 2 rings (SSSR count). The van der Waals surface area contributed by atoms with E-state index in [0.717, 1.165) is 17.1 Å². The summed E-state index contributed by atoms with van der Waals surface area (Å²) in [6.45, 7) is 6.05. The van der Waals surface area contributed by atoms with Gasteiger partial charge < -0.3 is 5.73 Å². The van der Waals surface area contributed by atoms with Gasteiger partial charge in [-0.25, -0.2) is 4.68 Å². The van der Waals surface area contributed by atoms with E-state index in [1.165, 1.54) is 5.56 Å². The third-order valence-corrected chi connectivity index (χ3v) is 2.92. The fraction of sp³-hybridized carbons (Fsp3) is 0.250. The number of nitrogens with one attached hydrogen (secondary N) is 1. The molecule has 0 fully saturated rings. The van der Waals surface area contributed by atoms with Gasteiger partial charge in [-0.15, -0.1) is 0 Å². The number of nitrogens with zero attached hydrogens (tertiary/aromatic N) is 3. The van der Waals surface area contributed by atoms with E-state index in [2.05, 4.69) is 10.1 Å². The molecule has 0 aliphatic carbocycles. The monoisotopic (exact) mass is 229 g/mol. The molecule has 5 heteroatoms. The third-order valence-electron chi connectivity index (χ3n) is 2.92. The van der Waals surface area contributed by atoms with Gasteiger partial charge in [0, 0.05) is 5.69 Å². The Kier molecular flexibility index (Phi) is 2.67. The van der Waals surface area contributed by atoms with Crippen molar-refractivity contribution in [3.63, 3.8) is 0 Å². The van der Waals surface area contributed by atoms with Gasteiger partial charge in [0.05, 0.1) is 17.6 Å². The zero-order valence-electron chi connectivity index (χ0n) is 10.2. The maximum atomic E-state index is 7.28. The first-order valence-corrected chi connectivity index (χ1v) is 5.34. The van der Waals surface area contributed by atoms with Crippen molar-refractivity contribution in [2.45, 2.75) is 20.8 Å². The van der Waals surface area contributed by atoms with Crippen LogP contribution in [0.2, 0.25) is 0 Å². The lowest BCUT2D eigenvalue weighted by Gasteiger charge is -2.05. The summed E-state index contributed by atoms with van der Waals surface area (Å²) in [7, 11) is 0. The molecule has 0 unspecified atom stereocenters. The van der Waals surface area contributed by atoms with Crippen molar-refractivity contribution in [3.05, 3.63) is 41.0 Å². The summed E-state index contributed by atoms with van der Waals surface area (Å²) in [6.07, 6.45) is 1.68. The number of rotatable bonds is 2. The van der Waals surface area contributed by atoms with Crippen LogP contribution in [-0.2, 0) is 0 Å². The highest BCUT2D eigenvalue weighted by atomic mass is 15.3. The van der Waals surface area contributed by atoms with Gasteiger partial charge in [-0.2, -0.15) is 5.10 Å². The van der Waals surface area contributed by atoms with Crippen LogP contribution < -0.4 is 5.73 Å². The van der Waals surface area contributed by atoms with Crippen LogP contribution >= 0.6 is 0 Å². The van der Waals surface area contributed by atoms with Crippen molar-refractivity contribution in [3.8, 4) is 5.69 Å². The molecule has 2 heterocycles. The highest BCUT2D eigenvalue weighted by Gasteiger charge is 2.09. The Morgan fingerprint density at radius 3 is 2.41 bits per heavy atom. The van der Waals surface area contributed by atoms with Crippen LogP contribution in [0.15, 0.2) is 18.3 Å². The van der Waals surface area contributed by atoms with Gasteiger partial charge >= 0.3 is 0 Å². The van der Waals surface area contributed by atoms with Gasteiger partial charge in [-0.3, -0.25) is 10.4 Å². The van der Waals surface area contributed by atoms with Crippen molar-refractivity contribution in [1.29, 1.82) is 5.41 Å². The smallest absolute Gasteiger partial charge is 0.141 e. The van der Waals surface area contributed by atoms with E-state index in [1.807, 2.05) is 31.5 Å². The quantitative estimate of drug-likeness (QED) is 0.604. The minimum atomic E-state index is -0.0268. The number of hydrogen-bond acceptors (Lipinski definition) is 3. The molecule has 2 aromatic rings. The lowest BCUT2D eigenvalue weighted by molar-refractivity contribution is 0.827.